The summed E-state index contributed by atoms with van der Waals surface area (Å²) in [5.74, 6) is 2.35. The Kier molecular flexibility index (Phi) is 3.26. The quantitative estimate of drug-likeness (QED) is 0.835. The SMILES string of the molecule is CCCn1c(=O)c2[nH]c([C@H]3C[C@@H]4CC3[C@H]3O[C@@H]43)nc2n(CCC)c1=O. The van der Waals surface area contributed by atoms with E-state index in [1.807, 2.05) is 13.8 Å². The summed E-state index contributed by atoms with van der Waals surface area (Å²) in [4.78, 5) is 33.6. The number of rotatable bonds is 5. The number of hydrogen-bond acceptors (Lipinski definition) is 4. The fraction of sp³-hybridized carbons (Fsp3) is 0.722. The number of fused-ring (bicyclic) bond motifs is 6. The molecule has 0 amide bonds. The van der Waals surface area contributed by atoms with E-state index in [4.69, 9.17) is 9.72 Å². The maximum Gasteiger partial charge on any atom is 0.332 e. The van der Waals surface area contributed by atoms with Gasteiger partial charge >= 0.3 is 5.69 Å². The third kappa shape index (κ3) is 2.05. The molecular formula is C18H24N4O3. The van der Waals surface area contributed by atoms with Gasteiger partial charge in [0.2, 0.25) is 0 Å². The molecule has 1 N–H and O–H groups in total. The second-order valence-electron chi connectivity index (χ2n) is 7.78. The summed E-state index contributed by atoms with van der Waals surface area (Å²) in [6.45, 7) is 5.02. The van der Waals surface area contributed by atoms with E-state index in [1.54, 1.807) is 4.57 Å². The summed E-state index contributed by atoms with van der Waals surface area (Å²) in [6, 6.07) is 0. The van der Waals surface area contributed by atoms with E-state index in [-0.39, 0.29) is 11.2 Å². The first kappa shape index (κ1) is 15.4. The highest BCUT2D eigenvalue weighted by atomic mass is 16.6. The maximum atomic E-state index is 12.8. The molecule has 0 spiro atoms. The van der Waals surface area contributed by atoms with Crippen molar-refractivity contribution in [1.29, 1.82) is 0 Å². The van der Waals surface area contributed by atoms with Crippen LogP contribution in [0.5, 0.6) is 0 Å². The molecule has 1 unspecified atom stereocenters. The Morgan fingerprint density at radius 2 is 1.88 bits per heavy atom. The third-order valence-electron chi connectivity index (χ3n) is 6.22. The molecule has 3 aliphatic rings. The molecule has 5 rings (SSSR count). The molecule has 1 saturated heterocycles. The molecule has 7 heteroatoms. The number of nitrogens with zero attached hydrogens (tertiary/aromatic N) is 3. The van der Waals surface area contributed by atoms with Gasteiger partial charge in [-0.25, -0.2) is 9.78 Å². The molecule has 2 saturated carbocycles. The maximum absolute atomic E-state index is 12.8. The van der Waals surface area contributed by atoms with Crippen molar-refractivity contribution in [3.8, 4) is 0 Å². The monoisotopic (exact) mass is 344 g/mol. The van der Waals surface area contributed by atoms with Gasteiger partial charge in [0.25, 0.3) is 5.56 Å². The highest BCUT2D eigenvalue weighted by Crippen LogP contribution is 2.61. The molecule has 1 aliphatic heterocycles. The molecule has 2 bridgehead atoms. The van der Waals surface area contributed by atoms with E-state index >= 15 is 0 Å². The van der Waals surface area contributed by atoms with E-state index in [1.165, 1.54) is 11.0 Å². The van der Waals surface area contributed by atoms with Gasteiger partial charge in [-0.3, -0.25) is 13.9 Å². The van der Waals surface area contributed by atoms with Crippen molar-refractivity contribution in [1.82, 2.24) is 19.1 Å². The molecule has 134 valence electrons. The van der Waals surface area contributed by atoms with Gasteiger partial charge in [-0.1, -0.05) is 13.8 Å². The van der Waals surface area contributed by atoms with Crippen molar-refractivity contribution in [2.75, 3.05) is 0 Å². The largest absolute Gasteiger partial charge is 0.369 e. The van der Waals surface area contributed by atoms with E-state index in [2.05, 4.69) is 4.98 Å². The van der Waals surface area contributed by atoms with Gasteiger partial charge < -0.3 is 9.72 Å². The fourth-order valence-electron chi connectivity index (χ4n) is 5.12. The molecule has 2 aliphatic carbocycles. The third-order valence-corrected chi connectivity index (χ3v) is 6.22. The first-order valence-electron chi connectivity index (χ1n) is 9.52. The molecule has 7 nitrogen and oxygen atoms in total. The van der Waals surface area contributed by atoms with Gasteiger partial charge in [0.1, 0.15) is 11.3 Å². The Hall–Kier alpha value is -1.89. The van der Waals surface area contributed by atoms with Crippen molar-refractivity contribution < 1.29 is 4.74 Å². The number of hydrogen-bond donors (Lipinski definition) is 1. The Balaban J connectivity index is 1.65. The minimum absolute atomic E-state index is 0.238. The van der Waals surface area contributed by atoms with E-state index in [0.29, 0.717) is 54.2 Å². The molecule has 5 atom stereocenters. The molecule has 0 radical (unpaired) electrons. The predicted octanol–water partition coefficient (Wildman–Crippen LogP) is 1.60. The minimum Gasteiger partial charge on any atom is -0.369 e. The Labute approximate surface area is 145 Å². The zero-order valence-electron chi connectivity index (χ0n) is 14.7. The van der Waals surface area contributed by atoms with Crippen molar-refractivity contribution in [3.05, 3.63) is 26.7 Å². The number of aromatic amines is 1. The highest BCUT2D eigenvalue weighted by Gasteiger charge is 2.63. The number of aryl methyl sites for hydroxylation is 1. The van der Waals surface area contributed by atoms with Crippen LogP contribution in [0.15, 0.2) is 9.59 Å². The van der Waals surface area contributed by atoms with Gasteiger partial charge in [0.15, 0.2) is 5.65 Å². The number of aromatic nitrogens is 4. The van der Waals surface area contributed by atoms with Crippen molar-refractivity contribution in [2.24, 2.45) is 11.8 Å². The van der Waals surface area contributed by atoms with Gasteiger partial charge in [0.05, 0.1) is 12.2 Å². The molecule has 2 aromatic heterocycles. The first-order chi connectivity index (χ1) is 12.1. The minimum atomic E-state index is -0.239. The summed E-state index contributed by atoms with van der Waals surface area (Å²) in [6.07, 6.45) is 4.73. The number of H-pyrrole nitrogens is 1. The normalized spacial score (nSPS) is 32.5. The van der Waals surface area contributed by atoms with E-state index in [9.17, 15) is 9.59 Å². The van der Waals surface area contributed by atoms with E-state index in [0.717, 1.165) is 25.1 Å². The number of ether oxygens (including phenoxy) is 1. The lowest BCUT2D eigenvalue weighted by Gasteiger charge is -2.16. The molecule has 3 heterocycles. The number of imidazole rings is 1. The first-order valence-corrected chi connectivity index (χ1v) is 9.52. The van der Waals surface area contributed by atoms with Crippen LogP contribution in [0.4, 0.5) is 0 Å². The van der Waals surface area contributed by atoms with Crippen LogP contribution in [0.2, 0.25) is 0 Å². The average molecular weight is 344 g/mol. The van der Waals surface area contributed by atoms with Crippen LogP contribution in [-0.2, 0) is 17.8 Å². The Bertz CT molecular complexity index is 956. The van der Waals surface area contributed by atoms with Crippen LogP contribution in [0.3, 0.4) is 0 Å². The van der Waals surface area contributed by atoms with Gasteiger partial charge in [-0.15, -0.1) is 0 Å². The van der Waals surface area contributed by atoms with Crippen LogP contribution in [0.25, 0.3) is 11.2 Å². The number of nitrogens with one attached hydrogen (secondary N) is 1. The second kappa shape index (κ2) is 5.30. The van der Waals surface area contributed by atoms with Crippen LogP contribution >= 0.6 is 0 Å². The molecule has 25 heavy (non-hydrogen) atoms. The second-order valence-corrected chi connectivity index (χ2v) is 7.78. The zero-order chi connectivity index (χ0) is 17.3. The summed E-state index contributed by atoms with van der Waals surface area (Å²) in [5.41, 5.74) is 0.525. The zero-order valence-corrected chi connectivity index (χ0v) is 14.7. The summed E-state index contributed by atoms with van der Waals surface area (Å²) in [7, 11) is 0. The topological polar surface area (TPSA) is 85.2 Å². The lowest BCUT2D eigenvalue weighted by atomic mass is 9.88. The summed E-state index contributed by atoms with van der Waals surface area (Å²) in [5, 5.41) is 0. The predicted molar refractivity (Wildman–Crippen MR) is 92.8 cm³/mol. The van der Waals surface area contributed by atoms with E-state index < -0.39 is 0 Å². The number of epoxide rings is 1. The van der Waals surface area contributed by atoms with Crippen LogP contribution in [0, 0.1) is 11.8 Å². The molecule has 0 aromatic carbocycles. The Morgan fingerprint density at radius 1 is 1.12 bits per heavy atom. The molecule has 3 fully saturated rings. The van der Waals surface area contributed by atoms with Gasteiger partial charge in [-0.2, -0.15) is 0 Å². The highest BCUT2D eigenvalue weighted by molar-refractivity contribution is 5.70. The lowest BCUT2D eigenvalue weighted by Crippen LogP contribution is -2.40. The lowest BCUT2D eigenvalue weighted by molar-refractivity contribution is 0.260. The van der Waals surface area contributed by atoms with Crippen molar-refractivity contribution in [2.45, 2.75) is 70.7 Å². The van der Waals surface area contributed by atoms with Gasteiger partial charge in [-0.05, 0) is 37.5 Å². The average Bonchev–Trinajstić information content (AvgIpc) is 2.99. The van der Waals surface area contributed by atoms with Crippen LogP contribution in [0.1, 0.15) is 51.3 Å². The van der Waals surface area contributed by atoms with Crippen LogP contribution < -0.4 is 11.2 Å². The Morgan fingerprint density at radius 3 is 2.56 bits per heavy atom. The summed E-state index contributed by atoms with van der Waals surface area (Å²) >= 11 is 0. The smallest absolute Gasteiger partial charge is 0.332 e. The molecule has 2 aromatic rings. The standard InChI is InChI=1S/C18H24N4O3/c1-3-5-21-16-12(17(23)22(6-4-2)18(21)24)19-15(20-16)11-8-9-7-10(11)14-13(9)25-14/h9-11,13-14H,3-8H2,1-2H3,(H,19,20)/t9-,10?,11-,13-,14+/m0/s1. The fourth-order valence-corrected chi connectivity index (χ4v) is 5.12. The summed E-state index contributed by atoms with van der Waals surface area (Å²) < 4.78 is 8.77. The van der Waals surface area contributed by atoms with Gasteiger partial charge in [0, 0.05) is 19.0 Å². The van der Waals surface area contributed by atoms with Crippen molar-refractivity contribution >= 4 is 11.2 Å². The van der Waals surface area contributed by atoms with Crippen LogP contribution in [-0.4, -0.2) is 31.3 Å². The van der Waals surface area contributed by atoms with Crippen molar-refractivity contribution in [3.63, 3.8) is 0 Å². The molecular weight excluding hydrogens is 320 g/mol.